The molecule has 0 fully saturated rings. The Bertz CT molecular complexity index is 232. The molecular weight excluding hydrogens is 184 g/mol. The SMILES string of the molecule is CCC(C)C(=O)OCC(=O)CC(C)=O. The van der Waals surface area contributed by atoms with Crippen LogP contribution in [0.4, 0.5) is 0 Å². The first-order chi connectivity index (χ1) is 6.47. The molecule has 0 spiro atoms. The number of ether oxygens (including phenoxy) is 1. The monoisotopic (exact) mass is 200 g/mol. The Kier molecular flexibility index (Phi) is 5.76. The second-order valence-electron chi connectivity index (χ2n) is 3.33. The summed E-state index contributed by atoms with van der Waals surface area (Å²) >= 11 is 0. The second-order valence-corrected chi connectivity index (χ2v) is 3.33. The fourth-order valence-corrected chi connectivity index (χ4v) is 0.789. The highest BCUT2D eigenvalue weighted by Gasteiger charge is 2.14. The third-order valence-electron chi connectivity index (χ3n) is 1.84. The summed E-state index contributed by atoms with van der Waals surface area (Å²) in [6.45, 7) is 4.64. The van der Waals surface area contributed by atoms with Gasteiger partial charge in [-0.25, -0.2) is 0 Å². The van der Waals surface area contributed by atoms with E-state index >= 15 is 0 Å². The zero-order chi connectivity index (χ0) is 11.1. The molecule has 0 aliphatic heterocycles. The maximum Gasteiger partial charge on any atom is 0.309 e. The predicted molar refractivity (Wildman–Crippen MR) is 50.7 cm³/mol. The Balaban J connectivity index is 3.77. The van der Waals surface area contributed by atoms with E-state index in [1.165, 1.54) is 6.92 Å². The Hall–Kier alpha value is -1.19. The van der Waals surface area contributed by atoms with E-state index in [1.54, 1.807) is 6.92 Å². The lowest BCUT2D eigenvalue weighted by atomic mass is 10.1. The number of hydrogen-bond donors (Lipinski definition) is 0. The van der Waals surface area contributed by atoms with Gasteiger partial charge in [0.25, 0.3) is 0 Å². The Morgan fingerprint density at radius 3 is 2.29 bits per heavy atom. The maximum absolute atomic E-state index is 11.1. The molecule has 0 radical (unpaired) electrons. The molecular formula is C10H16O4. The fraction of sp³-hybridized carbons (Fsp3) is 0.700. The van der Waals surface area contributed by atoms with Gasteiger partial charge in [-0.15, -0.1) is 0 Å². The first-order valence-corrected chi connectivity index (χ1v) is 4.65. The number of esters is 1. The average molecular weight is 200 g/mol. The fourth-order valence-electron chi connectivity index (χ4n) is 0.789. The highest BCUT2D eigenvalue weighted by Crippen LogP contribution is 2.03. The lowest BCUT2D eigenvalue weighted by Gasteiger charge is -2.07. The normalized spacial score (nSPS) is 11.9. The van der Waals surface area contributed by atoms with Crippen LogP contribution in [0.2, 0.25) is 0 Å². The Labute approximate surface area is 83.6 Å². The van der Waals surface area contributed by atoms with Crippen molar-refractivity contribution >= 4 is 17.5 Å². The summed E-state index contributed by atoms with van der Waals surface area (Å²) in [5.74, 6) is -1.15. The third-order valence-corrected chi connectivity index (χ3v) is 1.84. The summed E-state index contributed by atoms with van der Waals surface area (Å²) in [6, 6.07) is 0. The molecule has 0 saturated heterocycles. The topological polar surface area (TPSA) is 60.4 Å². The lowest BCUT2D eigenvalue weighted by Crippen LogP contribution is -2.20. The minimum Gasteiger partial charge on any atom is -0.457 e. The van der Waals surface area contributed by atoms with E-state index in [0.717, 1.165) is 0 Å². The van der Waals surface area contributed by atoms with E-state index in [4.69, 9.17) is 4.74 Å². The summed E-state index contributed by atoms with van der Waals surface area (Å²) in [6.07, 6.45) is 0.521. The largest absolute Gasteiger partial charge is 0.457 e. The molecule has 0 aromatic heterocycles. The van der Waals surface area contributed by atoms with Gasteiger partial charge in [0, 0.05) is 0 Å². The van der Waals surface area contributed by atoms with Gasteiger partial charge in [-0.05, 0) is 13.3 Å². The van der Waals surface area contributed by atoms with Crippen molar-refractivity contribution < 1.29 is 19.1 Å². The van der Waals surface area contributed by atoms with Crippen LogP contribution < -0.4 is 0 Å². The van der Waals surface area contributed by atoms with Crippen molar-refractivity contribution in [3.8, 4) is 0 Å². The molecule has 80 valence electrons. The zero-order valence-corrected chi connectivity index (χ0v) is 8.83. The molecule has 14 heavy (non-hydrogen) atoms. The molecule has 1 unspecified atom stereocenters. The van der Waals surface area contributed by atoms with Gasteiger partial charge in [-0.1, -0.05) is 13.8 Å². The molecule has 4 nitrogen and oxygen atoms in total. The predicted octanol–water partition coefficient (Wildman–Crippen LogP) is 1.12. The van der Waals surface area contributed by atoms with Crippen LogP contribution in [-0.4, -0.2) is 24.1 Å². The maximum atomic E-state index is 11.1. The molecule has 0 N–H and O–H groups in total. The number of rotatable bonds is 6. The van der Waals surface area contributed by atoms with Crippen LogP contribution >= 0.6 is 0 Å². The van der Waals surface area contributed by atoms with E-state index in [1.807, 2.05) is 6.92 Å². The highest BCUT2D eigenvalue weighted by atomic mass is 16.5. The van der Waals surface area contributed by atoms with Gasteiger partial charge >= 0.3 is 5.97 Å². The Morgan fingerprint density at radius 1 is 1.29 bits per heavy atom. The van der Waals surface area contributed by atoms with E-state index in [2.05, 4.69) is 0 Å². The number of carbonyl (C=O) groups is 3. The summed E-state index contributed by atoms with van der Waals surface area (Å²) in [5.41, 5.74) is 0. The van der Waals surface area contributed by atoms with Crippen molar-refractivity contribution in [1.82, 2.24) is 0 Å². The third kappa shape index (κ3) is 5.45. The van der Waals surface area contributed by atoms with Gasteiger partial charge in [-0.3, -0.25) is 14.4 Å². The minimum atomic E-state index is -0.385. The van der Waals surface area contributed by atoms with Crippen LogP contribution in [0.1, 0.15) is 33.6 Å². The van der Waals surface area contributed by atoms with E-state index in [0.29, 0.717) is 6.42 Å². The van der Waals surface area contributed by atoms with Crippen molar-refractivity contribution in [2.45, 2.75) is 33.6 Å². The zero-order valence-electron chi connectivity index (χ0n) is 8.83. The standard InChI is InChI=1S/C10H16O4/c1-4-7(2)10(13)14-6-9(12)5-8(3)11/h7H,4-6H2,1-3H3. The van der Waals surface area contributed by atoms with E-state index < -0.39 is 0 Å². The molecule has 0 saturated carbocycles. The number of ketones is 2. The molecule has 1 atom stereocenters. The smallest absolute Gasteiger partial charge is 0.309 e. The summed E-state index contributed by atoms with van der Waals surface area (Å²) < 4.78 is 4.72. The van der Waals surface area contributed by atoms with Crippen LogP contribution in [0.25, 0.3) is 0 Å². The van der Waals surface area contributed by atoms with Gasteiger partial charge in [0.05, 0.1) is 12.3 Å². The lowest BCUT2D eigenvalue weighted by molar-refractivity contribution is -0.152. The number of carbonyl (C=O) groups excluding carboxylic acids is 3. The van der Waals surface area contributed by atoms with Crippen molar-refractivity contribution in [2.75, 3.05) is 6.61 Å². The van der Waals surface area contributed by atoms with Crippen molar-refractivity contribution in [2.24, 2.45) is 5.92 Å². The molecule has 0 aromatic rings. The molecule has 0 amide bonds. The van der Waals surface area contributed by atoms with Crippen LogP contribution in [0.5, 0.6) is 0 Å². The number of Topliss-reactive ketones (excluding diaryl/α,β-unsaturated/α-hetero) is 2. The molecule has 0 aliphatic rings. The summed E-state index contributed by atoms with van der Waals surface area (Å²) in [7, 11) is 0. The first-order valence-electron chi connectivity index (χ1n) is 4.65. The number of hydrogen-bond acceptors (Lipinski definition) is 4. The second kappa shape index (κ2) is 6.29. The average Bonchev–Trinajstić information content (AvgIpc) is 2.11. The van der Waals surface area contributed by atoms with Crippen molar-refractivity contribution in [3.05, 3.63) is 0 Å². The van der Waals surface area contributed by atoms with Crippen LogP contribution in [0, 0.1) is 5.92 Å². The van der Waals surface area contributed by atoms with Gasteiger partial charge < -0.3 is 4.74 Å². The highest BCUT2D eigenvalue weighted by molar-refractivity contribution is 5.99. The van der Waals surface area contributed by atoms with Crippen LogP contribution in [-0.2, 0) is 19.1 Å². The minimum absolute atomic E-state index is 0.159. The van der Waals surface area contributed by atoms with Crippen molar-refractivity contribution in [1.29, 1.82) is 0 Å². The summed E-state index contributed by atoms with van der Waals surface area (Å²) in [5, 5.41) is 0. The molecule has 4 heteroatoms. The molecule has 0 heterocycles. The van der Waals surface area contributed by atoms with Crippen LogP contribution in [0.3, 0.4) is 0 Å². The molecule has 0 rings (SSSR count). The molecule has 0 bridgehead atoms. The van der Waals surface area contributed by atoms with E-state index in [9.17, 15) is 14.4 Å². The van der Waals surface area contributed by atoms with Gasteiger partial charge in [0.15, 0.2) is 5.78 Å². The quantitative estimate of drug-likeness (QED) is 0.476. The molecule has 0 aromatic carbocycles. The molecule has 0 aliphatic carbocycles. The Morgan fingerprint density at radius 2 is 1.86 bits per heavy atom. The van der Waals surface area contributed by atoms with Crippen molar-refractivity contribution in [3.63, 3.8) is 0 Å². The van der Waals surface area contributed by atoms with E-state index in [-0.39, 0.29) is 36.5 Å². The summed E-state index contributed by atoms with van der Waals surface area (Å²) in [4.78, 5) is 32.6. The van der Waals surface area contributed by atoms with Crippen LogP contribution in [0.15, 0.2) is 0 Å². The van der Waals surface area contributed by atoms with Gasteiger partial charge in [0.2, 0.25) is 0 Å². The first kappa shape index (κ1) is 12.8. The van der Waals surface area contributed by atoms with Gasteiger partial charge in [0.1, 0.15) is 12.4 Å². The van der Waals surface area contributed by atoms with Gasteiger partial charge in [-0.2, -0.15) is 0 Å².